The van der Waals surface area contributed by atoms with Gasteiger partial charge in [0.1, 0.15) is 0 Å². The van der Waals surface area contributed by atoms with Crippen molar-refractivity contribution in [2.24, 2.45) is 0 Å². The number of benzene rings is 2. The molecule has 0 radical (unpaired) electrons. The van der Waals surface area contributed by atoms with E-state index in [2.05, 4.69) is 91.8 Å². The largest absolute Gasteiger partial charge is 2.00 e. The Kier molecular flexibility index (Phi) is 58.0. The van der Waals surface area contributed by atoms with Gasteiger partial charge in [0.05, 0.1) is 0 Å². The Morgan fingerprint density at radius 3 is 0.831 bits per heavy atom. The molecule has 3 heteroatoms. The molecule has 0 spiro atoms. The molecular weight excluding hydrogens is 1050 g/mol. The van der Waals surface area contributed by atoms with E-state index in [1.54, 1.807) is 16.8 Å². The summed E-state index contributed by atoms with van der Waals surface area (Å²) in [5, 5.41) is 0. The second kappa shape index (κ2) is 59.8. The zero-order valence-electron chi connectivity index (χ0n) is 56.8. The van der Waals surface area contributed by atoms with Gasteiger partial charge in [0.15, 0.2) is 0 Å². The summed E-state index contributed by atoms with van der Waals surface area (Å²) in [4.78, 5) is 0. The maximum absolute atomic E-state index is 12.1. The van der Waals surface area contributed by atoms with Crippen molar-refractivity contribution in [3.8, 4) is 0 Å². The third-order valence-electron chi connectivity index (χ3n) is 17.3. The molecule has 0 N–H and O–H groups in total. The smallest absolute Gasteiger partial charge is 0.518 e. The number of hydrogen-bond donors (Lipinski definition) is 0. The van der Waals surface area contributed by atoms with Crippen molar-refractivity contribution in [1.82, 2.24) is 0 Å². The molecule has 2 aromatic carbocycles. The Hall–Kier alpha value is -2.51. The minimum absolute atomic E-state index is 0. The molecule has 2 aromatic rings. The van der Waals surface area contributed by atoms with Gasteiger partial charge in [-0.3, -0.25) is 12.2 Å². The summed E-state index contributed by atoms with van der Waals surface area (Å²) in [5.41, 5.74) is 24.6. The first-order valence-corrected chi connectivity index (χ1v) is 36.5. The van der Waals surface area contributed by atoms with Crippen LogP contribution < -0.4 is 0 Å². The number of hydrogen-bond acceptors (Lipinski definition) is 0. The van der Waals surface area contributed by atoms with Crippen LogP contribution in [0.3, 0.4) is 0 Å². The summed E-state index contributed by atoms with van der Waals surface area (Å²) in [6, 6.07) is 13.9. The Morgan fingerprint density at radius 1 is 0.301 bits per heavy atom. The van der Waals surface area contributed by atoms with Gasteiger partial charge in [0.25, 0.3) is 0 Å². The third kappa shape index (κ3) is 42.9. The molecule has 0 fully saturated rings. The Bertz CT molecular complexity index is 1790. The van der Waals surface area contributed by atoms with Crippen LogP contribution in [0.15, 0.2) is 59.7 Å². The van der Waals surface area contributed by atoms with Crippen LogP contribution in [0.2, 0.25) is 0 Å². The van der Waals surface area contributed by atoms with Crippen molar-refractivity contribution in [3.05, 3.63) is 112 Å². The number of allylic oxidation sites excluding steroid dienone is 4. The van der Waals surface area contributed by atoms with Gasteiger partial charge in [-0.1, -0.05) is 347 Å². The van der Waals surface area contributed by atoms with E-state index in [4.69, 9.17) is 13.2 Å². The average molecular weight is 1190 g/mol. The summed E-state index contributed by atoms with van der Waals surface area (Å²) in [6.45, 7) is 28.8. The van der Waals surface area contributed by atoms with Crippen LogP contribution in [0.5, 0.6) is 0 Å². The normalized spacial score (nSPS) is 12.1. The molecule has 0 bridgehead atoms. The van der Waals surface area contributed by atoms with E-state index < -0.39 is 0 Å². The van der Waals surface area contributed by atoms with Crippen LogP contribution in [0, 0.1) is 27.0 Å². The van der Waals surface area contributed by atoms with Crippen molar-refractivity contribution in [2.75, 3.05) is 0 Å². The predicted octanol–water partition coefficient (Wildman–Crippen LogP) is 28.1. The standard InChI is InChI=1S/C38H56N2.2C21H41.Ni/c1-7-11-15-16-17-18-22-36-35(21-14-10-4)38(40(39)37(36)33-24-29(5)23-30(6)25-33)34-27-31(19-12-8-2)26-32(28-34)20-13-9-3;2*1-3-5-7-9-11-13-15-17-19-21-20-18-16-14-12-10-8-6-4-2;/h23-28H,7-22H2,1-6H3;2*1,3H,4-21H2,2H3;/q;2*-1;+2. The Morgan fingerprint density at radius 2 is 0.542 bits per heavy atom. The molecule has 1 aliphatic heterocycles. The van der Waals surface area contributed by atoms with Crippen molar-refractivity contribution in [1.29, 1.82) is 0 Å². The molecule has 1 aliphatic rings. The van der Waals surface area contributed by atoms with Gasteiger partial charge < -0.3 is 18.7 Å². The summed E-state index contributed by atoms with van der Waals surface area (Å²) >= 11 is 0. The van der Waals surface area contributed by atoms with Crippen LogP contribution >= 0.6 is 0 Å². The van der Waals surface area contributed by atoms with Gasteiger partial charge in [-0.25, -0.2) is 4.70 Å². The van der Waals surface area contributed by atoms with E-state index in [0.29, 0.717) is 0 Å². The van der Waals surface area contributed by atoms with Crippen LogP contribution in [-0.4, -0.2) is 4.70 Å². The second-order valence-corrected chi connectivity index (χ2v) is 25.6. The summed E-state index contributed by atoms with van der Waals surface area (Å²) < 4.78 is 1.59. The van der Waals surface area contributed by atoms with Gasteiger partial charge >= 0.3 is 16.5 Å². The first-order chi connectivity index (χ1) is 40.3. The van der Waals surface area contributed by atoms with Crippen LogP contribution in [-0.2, 0) is 29.3 Å². The molecular formula is C80H138N2Ni. The molecule has 0 amide bonds. The first kappa shape index (κ1) is 80.5. The summed E-state index contributed by atoms with van der Waals surface area (Å²) in [5.74, 6) is 0. The van der Waals surface area contributed by atoms with Crippen molar-refractivity contribution in [3.63, 3.8) is 0 Å². The Balaban J connectivity index is 0.00000133. The zero-order chi connectivity index (χ0) is 59.8. The SMILES string of the molecule is CCCCCCCCC1=C(c2cc(C)cc(C)c2)[N+](=[N-])C(c2cc(CCCC)cc(CCCC)c2)=C1CCCC.[CH-]=CCCCCCCCCCCCCCCCCCCC.[CH-]=CCCCCCCCCCCCCCCCCCCC.[Ni+2]. The minimum atomic E-state index is 0. The molecule has 1 heterocycles. The topological polar surface area (TPSA) is 25.3 Å². The molecule has 0 unspecified atom stereocenters. The molecule has 0 atom stereocenters. The number of aryl methyl sites for hydroxylation is 4. The molecule has 0 saturated carbocycles. The van der Waals surface area contributed by atoms with Gasteiger partial charge in [-0.2, -0.15) is 0 Å². The summed E-state index contributed by atoms with van der Waals surface area (Å²) in [7, 11) is 0. The van der Waals surface area contributed by atoms with E-state index in [0.717, 1.165) is 68.3 Å². The van der Waals surface area contributed by atoms with Crippen molar-refractivity contribution in [2.45, 2.75) is 389 Å². The quantitative estimate of drug-likeness (QED) is 0.0273. The molecule has 478 valence electrons. The van der Waals surface area contributed by atoms with E-state index in [1.807, 2.05) is 0 Å². The summed E-state index contributed by atoms with van der Waals surface area (Å²) in [6.07, 6.45) is 73.8. The fourth-order valence-electron chi connectivity index (χ4n) is 12.3. The third-order valence-corrected chi connectivity index (χ3v) is 17.3. The maximum atomic E-state index is 12.1. The van der Waals surface area contributed by atoms with Crippen LogP contribution in [0.25, 0.3) is 16.9 Å². The van der Waals surface area contributed by atoms with E-state index in [-0.39, 0.29) is 16.5 Å². The molecule has 0 saturated heterocycles. The predicted molar refractivity (Wildman–Crippen MR) is 370 cm³/mol. The molecule has 0 aromatic heterocycles. The van der Waals surface area contributed by atoms with E-state index in [1.165, 1.54) is 321 Å². The van der Waals surface area contributed by atoms with Gasteiger partial charge in [-0.15, -0.1) is 0 Å². The van der Waals surface area contributed by atoms with Crippen LogP contribution in [0.1, 0.15) is 396 Å². The molecule has 3 rings (SSSR count). The van der Waals surface area contributed by atoms with Crippen molar-refractivity contribution >= 4 is 11.4 Å². The van der Waals surface area contributed by atoms with Gasteiger partial charge in [0.2, 0.25) is 11.4 Å². The molecule has 2 nitrogen and oxygen atoms in total. The van der Waals surface area contributed by atoms with Crippen LogP contribution in [0.4, 0.5) is 0 Å². The minimum Gasteiger partial charge on any atom is -0.518 e. The monoisotopic (exact) mass is 1190 g/mol. The number of nitrogens with zero attached hydrogens (tertiary/aromatic N) is 2. The van der Waals surface area contributed by atoms with E-state index >= 15 is 0 Å². The zero-order valence-corrected chi connectivity index (χ0v) is 57.7. The first-order valence-electron chi connectivity index (χ1n) is 36.5. The molecule has 0 aliphatic carbocycles. The molecule has 83 heavy (non-hydrogen) atoms. The van der Waals surface area contributed by atoms with Crippen molar-refractivity contribution < 1.29 is 21.2 Å². The Labute approximate surface area is 530 Å². The second-order valence-electron chi connectivity index (χ2n) is 25.6. The fraction of sp³-hybridized carbons (Fsp3) is 0.750. The average Bonchev–Trinajstić information content (AvgIpc) is 4.01. The fourth-order valence-corrected chi connectivity index (χ4v) is 12.3. The number of unbranched alkanes of at least 4 members (excludes halogenated alkanes) is 42. The van der Waals surface area contributed by atoms with Gasteiger partial charge in [0, 0.05) is 22.3 Å². The van der Waals surface area contributed by atoms with E-state index in [9.17, 15) is 5.53 Å². The number of rotatable bonds is 54. The maximum Gasteiger partial charge on any atom is 2.00 e. The van der Waals surface area contributed by atoms with Gasteiger partial charge in [-0.05, 0) is 101 Å².